The first-order chi connectivity index (χ1) is 15.2. The Kier molecular flexibility index (Phi) is 4.75. The zero-order valence-electron chi connectivity index (χ0n) is 17.1. The van der Waals surface area contributed by atoms with Crippen LogP contribution in [0, 0.1) is 11.3 Å². The van der Waals surface area contributed by atoms with E-state index >= 15 is 0 Å². The smallest absolute Gasteiger partial charge is 0.261 e. The molecule has 0 atom stereocenters. The maximum Gasteiger partial charge on any atom is 0.261 e. The van der Waals surface area contributed by atoms with Crippen LogP contribution in [0.2, 0.25) is 0 Å². The Balaban J connectivity index is 1.46. The quantitative estimate of drug-likeness (QED) is 0.544. The molecule has 4 aromatic rings. The minimum absolute atomic E-state index is 0.310. The van der Waals surface area contributed by atoms with Crippen molar-refractivity contribution in [2.45, 2.75) is 38.1 Å². The van der Waals surface area contributed by atoms with Crippen LogP contribution in [0.4, 0.5) is 5.69 Å². The molecule has 0 unspecified atom stereocenters. The van der Waals surface area contributed by atoms with Crippen molar-refractivity contribution in [2.75, 3.05) is 12.4 Å². The molecule has 1 N–H and O–H groups in total. The van der Waals surface area contributed by atoms with Gasteiger partial charge in [-0.1, -0.05) is 19.3 Å². The van der Waals surface area contributed by atoms with Crippen molar-refractivity contribution in [3.05, 3.63) is 48.0 Å². The number of fused-ring (bicyclic) bond motifs is 2. The minimum Gasteiger partial charge on any atom is -0.494 e. The van der Waals surface area contributed by atoms with Gasteiger partial charge in [0.05, 0.1) is 42.3 Å². The molecular weight excluding hydrogens is 394 g/mol. The topological polar surface area (TPSA) is 110 Å². The largest absolute Gasteiger partial charge is 0.494 e. The van der Waals surface area contributed by atoms with Gasteiger partial charge in [-0.3, -0.25) is 9.48 Å². The molecule has 1 amide bonds. The van der Waals surface area contributed by atoms with Gasteiger partial charge in [0.25, 0.3) is 5.91 Å². The molecule has 31 heavy (non-hydrogen) atoms. The summed E-state index contributed by atoms with van der Waals surface area (Å²) < 4.78 is 8.98. The molecule has 0 spiro atoms. The van der Waals surface area contributed by atoms with E-state index in [2.05, 4.69) is 20.1 Å². The molecule has 1 saturated carbocycles. The predicted molar refractivity (Wildman–Crippen MR) is 114 cm³/mol. The molecule has 0 saturated heterocycles. The fourth-order valence-corrected chi connectivity index (χ4v) is 4.15. The third kappa shape index (κ3) is 3.46. The number of hydrogen-bond acceptors (Lipinski definition) is 6. The van der Waals surface area contributed by atoms with Crippen molar-refractivity contribution >= 4 is 28.1 Å². The van der Waals surface area contributed by atoms with Crippen LogP contribution in [0.1, 0.15) is 54.1 Å². The van der Waals surface area contributed by atoms with Crippen LogP contribution < -0.4 is 10.1 Å². The third-order valence-electron chi connectivity index (χ3n) is 5.77. The van der Waals surface area contributed by atoms with E-state index in [-0.39, 0.29) is 5.91 Å². The fourth-order valence-electron chi connectivity index (χ4n) is 4.15. The van der Waals surface area contributed by atoms with Crippen molar-refractivity contribution < 1.29 is 9.53 Å². The Morgan fingerprint density at radius 2 is 2.06 bits per heavy atom. The van der Waals surface area contributed by atoms with E-state index < -0.39 is 0 Å². The Labute approximate surface area is 178 Å². The van der Waals surface area contributed by atoms with Gasteiger partial charge in [-0.15, -0.1) is 0 Å². The summed E-state index contributed by atoms with van der Waals surface area (Å²) >= 11 is 0. The summed E-state index contributed by atoms with van der Waals surface area (Å²) in [5.74, 6) is 0.176. The molecule has 0 radical (unpaired) electrons. The summed E-state index contributed by atoms with van der Waals surface area (Å²) in [5, 5.41) is 21.7. The van der Waals surface area contributed by atoms with Gasteiger partial charge in [-0.25, -0.2) is 9.50 Å². The number of anilines is 1. The molecule has 0 bridgehead atoms. The zero-order valence-corrected chi connectivity index (χ0v) is 17.1. The van der Waals surface area contributed by atoms with Crippen LogP contribution in [-0.4, -0.2) is 37.4 Å². The highest BCUT2D eigenvalue weighted by atomic mass is 16.5. The minimum atomic E-state index is -0.357. The van der Waals surface area contributed by atoms with Crippen molar-refractivity contribution in [3.63, 3.8) is 0 Å². The third-order valence-corrected chi connectivity index (χ3v) is 5.77. The first-order valence-electron chi connectivity index (χ1n) is 10.3. The van der Waals surface area contributed by atoms with Gasteiger partial charge in [0.15, 0.2) is 5.65 Å². The lowest BCUT2D eigenvalue weighted by atomic mass is 9.96. The van der Waals surface area contributed by atoms with Gasteiger partial charge in [-0.2, -0.15) is 15.5 Å². The highest BCUT2D eigenvalue weighted by Crippen LogP contribution is 2.33. The molecule has 1 aliphatic carbocycles. The maximum absolute atomic E-state index is 13.0. The van der Waals surface area contributed by atoms with Crippen molar-refractivity contribution in [1.82, 2.24) is 24.4 Å². The Bertz CT molecular complexity index is 1330. The van der Waals surface area contributed by atoms with E-state index in [4.69, 9.17) is 15.1 Å². The first kappa shape index (κ1) is 19.1. The van der Waals surface area contributed by atoms with Gasteiger partial charge < -0.3 is 10.1 Å². The van der Waals surface area contributed by atoms with E-state index in [1.165, 1.54) is 42.4 Å². The van der Waals surface area contributed by atoms with Gasteiger partial charge in [0.1, 0.15) is 17.4 Å². The number of rotatable bonds is 4. The summed E-state index contributed by atoms with van der Waals surface area (Å²) in [7, 11) is 1.56. The Morgan fingerprint density at radius 3 is 2.84 bits per heavy atom. The molecule has 156 valence electrons. The SMILES string of the molecule is COc1cc2nn(C3CCCCC3)cc2cc1NC(=O)c1cnn2cc(C#N)cnc12. The molecule has 3 aromatic heterocycles. The molecule has 1 aromatic carbocycles. The standard InChI is InChI=1S/C22H21N7O2/c1-31-20-8-18-15(13-28(27-18)16-5-3-2-4-6-16)7-19(20)26-22(30)17-11-25-29-12-14(9-23)10-24-21(17)29/h7-8,10-13,16H,2-6H2,1H3,(H,26,30). The molecular formula is C22H21N7O2. The molecule has 1 aliphatic rings. The van der Waals surface area contributed by atoms with Gasteiger partial charge in [-0.05, 0) is 18.9 Å². The molecule has 9 heteroatoms. The van der Waals surface area contributed by atoms with Crippen LogP contribution in [-0.2, 0) is 0 Å². The van der Waals surface area contributed by atoms with E-state index in [0.717, 1.165) is 23.7 Å². The number of carbonyl (C=O) groups is 1. The fraction of sp³-hybridized carbons (Fsp3) is 0.318. The number of nitriles is 1. The van der Waals surface area contributed by atoms with Gasteiger partial charge >= 0.3 is 0 Å². The lowest BCUT2D eigenvalue weighted by molar-refractivity contribution is 0.102. The Morgan fingerprint density at radius 1 is 1.23 bits per heavy atom. The van der Waals surface area contributed by atoms with E-state index in [0.29, 0.717) is 34.3 Å². The highest BCUT2D eigenvalue weighted by molar-refractivity contribution is 6.09. The molecule has 3 heterocycles. The molecule has 9 nitrogen and oxygen atoms in total. The van der Waals surface area contributed by atoms with Crippen LogP contribution in [0.5, 0.6) is 5.75 Å². The number of aromatic nitrogens is 5. The maximum atomic E-state index is 13.0. The number of ether oxygens (including phenoxy) is 1. The summed E-state index contributed by atoms with van der Waals surface area (Å²) in [6.07, 6.45) is 12.5. The summed E-state index contributed by atoms with van der Waals surface area (Å²) in [4.78, 5) is 17.1. The number of carbonyl (C=O) groups excluding carboxylic acids is 1. The van der Waals surface area contributed by atoms with Crippen molar-refractivity contribution in [2.24, 2.45) is 0 Å². The zero-order chi connectivity index (χ0) is 21.4. The van der Waals surface area contributed by atoms with E-state index in [1.807, 2.05) is 24.4 Å². The second-order valence-corrected chi connectivity index (χ2v) is 7.75. The number of benzene rings is 1. The lowest BCUT2D eigenvalue weighted by Crippen LogP contribution is -2.13. The van der Waals surface area contributed by atoms with Crippen LogP contribution >= 0.6 is 0 Å². The predicted octanol–water partition coefficient (Wildman–Crippen LogP) is 3.72. The lowest BCUT2D eigenvalue weighted by Gasteiger charge is -2.21. The Hall–Kier alpha value is -3.93. The van der Waals surface area contributed by atoms with E-state index in [9.17, 15) is 4.79 Å². The van der Waals surface area contributed by atoms with Crippen LogP contribution in [0.3, 0.4) is 0 Å². The summed E-state index contributed by atoms with van der Waals surface area (Å²) in [5.41, 5.74) is 2.44. The summed E-state index contributed by atoms with van der Waals surface area (Å²) in [6.45, 7) is 0. The number of nitrogens with zero attached hydrogens (tertiary/aromatic N) is 6. The van der Waals surface area contributed by atoms with Crippen LogP contribution in [0.25, 0.3) is 16.6 Å². The number of methoxy groups -OCH3 is 1. The average molecular weight is 415 g/mol. The van der Waals surface area contributed by atoms with E-state index in [1.54, 1.807) is 7.11 Å². The molecule has 5 rings (SSSR count). The number of amides is 1. The normalized spacial score (nSPS) is 14.6. The van der Waals surface area contributed by atoms with Gasteiger partial charge in [0, 0.05) is 23.8 Å². The highest BCUT2D eigenvalue weighted by Gasteiger charge is 2.20. The molecule has 1 fully saturated rings. The number of nitrogens with one attached hydrogen (secondary N) is 1. The summed E-state index contributed by atoms with van der Waals surface area (Å²) in [6, 6.07) is 6.16. The first-order valence-corrected chi connectivity index (χ1v) is 10.3. The average Bonchev–Trinajstić information content (AvgIpc) is 3.42. The second kappa shape index (κ2) is 7.72. The molecule has 0 aliphatic heterocycles. The van der Waals surface area contributed by atoms with Crippen molar-refractivity contribution in [3.8, 4) is 11.8 Å². The van der Waals surface area contributed by atoms with Gasteiger partial charge in [0.2, 0.25) is 0 Å². The second-order valence-electron chi connectivity index (χ2n) is 7.75. The monoisotopic (exact) mass is 415 g/mol. The van der Waals surface area contributed by atoms with Crippen LogP contribution in [0.15, 0.2) is 36.9 Å². The number of hydrogen-bond donors (Lipinski definition) is 1. The van der Waals surface area contributed by atoms with Crippen molar-refractivity contribution in [1.29, 1.82) is 5.26 Å².